The van der Waals surface area contributed by atoms with Crippen molar-refractivity contribution in [3.05, 3.63) is 70.3 Å². The summed E-state index contributed by atoms with van der Waals surface area (Å²) in [6.45, 7) is 4.41. The first-order valence-corrected chi connectivity index (χ1v) is 9.80. The standard InChI is InChI=1S/C20H18N4O3S/c1-3-26-16-7-5-4-6-15(16)19-22-23-20(27-19)28-12-14-10-18(25)24-11-13(2)8-9-17(24)21-14/h4-11H,3,12H2,1-2H3. The van der Waals surface area contributed by atoms with Crippen LogP contribution < -0.4 is 10.3 Å². The molecule has 0 fully saturated rings. The molecular weight excluding hydrogens is 376 g/mol. The molecule has 142 valence electrons. The van der Waals surface area contributed by atoms with Crippen LogP contribution in [0.4, 0.5) is 0 Å². The van der Waals surface area contributed by atoms with Gasteiger partial charge >= 0.3 is 0 Å². The van der Waals surface area contributed by atoms with E-state index in [1.54, 1.807) is 10.6 Å². The van der Waals surface area contributed by atoms with E-state index in [1.807, 2.05) is 50.2 Å². The quantitative estimate of drug-likeness (QED) is 0.461. The monoisotopic (exact) mass is 394 g/mol. The van der Waals surface area contributed by atoms with Crippen molar-refractivity contribution in [3.63, 3.8) is 0 Å². The van der Waals surface area contributed by atoms with Crippen LogP contribution in [0.25, 0.3) is 17.1 Å². The Hall–Kier alpha value is -3.13. The SMILES string of the molecule is CCOc1ccccc1-c1nnc(SCc2cc(=O)n3cc(C)ccc3n2)o1. The molecule has 0 aliphatic carbocycles. The Morgan fingerprint density at radius 3 is 2.89 bits per heavy atom. The van der Waals surface area contributed by atoms with E-state index >= 15 is 0 Å². The van der Waals surface area contributed by atoms with Gasteiger partial charge in [-0.25, -0.2) is 4.98 Å². The topological polar surface area (TPSA) is 82.5 Å². The van der Waals surface area contributed by atoms with Gasteiger partial charge in [-0.3, -0.25) is 9.20 Å². The van der Waals surface area contributed by atoms with Gasteiger partial charge in [0.1, 0.15) is 11.4 Å². The van der Waals surface area contributed by atoms with Crippen LogP contribution in [0.5, 0.6) is 5.75 Å². The van der Waals surface area contributed by atoms with Crippen molar-refractivity contribution in [2.75, 3.05) is 6.61 Å². The molecule has 7 nitrogen and oxygen atoms in total. The fourth-order valence-electron chi connectivity index (χ4n) is 2.77. The molecule has 4 aromatic rings. The van der Waals surface area contributed by atoms with Gasteiger partial charge in [-0.15, -0.1) is 10.2 Å². The van der Waals surface area contributed by atoms with Gasteiger partial charge in [-0.1, -0.05) is 30.0 Å². The lowest BCUT2D eigenvalue weighted by Gasteiger charge is -2.06. The van der Waals surface area contributed by atoms with Crippen molar-refractivity contribution in [2.24, 2.45) is 0 Å². The zero-order valence-corrected chi connectivity index (χ0v) is 16.3. The molecule has 0 spiro atoms. The maximum absolute atomic E-state index is 12.3. The Kier molecular flexibility index (Phi) is 5.12. The lowest BCUT2D eigenvalue weighted by Crippen LogP contribution is -2.15. The van der Waals surface area contributed by atoms with Crippen molar-refractivity contribution >= 4 is 17.4 Å². The van der Waals surface area contributed by atoms with Crippen LogP contribution in [0.15, 0.2) is 63.1 Å². The van der Waals surface area contributed by atoms with E-state index in [4.69, 9.17) is 9.15 Å². The number of hydrogen-bond acceptors (Lipinski definition) is 7. The van der Waals surface area contributed by atoms with E-state index in [2.05, 4.69) is 15.2 Å². The molecule has 3 heterocycles. The van der Waals surface area contributed by atoms with E-state index in [9.17, 15) is 4.79 Å². The second kappa shape index (κ2) is 7.85. The lowest BCUT2D eigenvalue weighted by molar-refractivity contribution is 0.340. The van der Waals surface area contributed by atoms with Crippen LogP contribution in [0.1, 0.15) is 18.2 Å². The van der Waals surface area contributed by atoms with Crippen LogP contribution in [0.2, 0.25) is 0 Å². The Bertz CT molecular complexity index is 1190. The molecule has 1 aromatic carbocycles. The van der Waals surface area contributed by atoms with Crippen LogP contribution in [0.3, 0.4) is 0 Å². The van der Waals surface area contributed by atoms with Gasteiger partial charge in [0.05, 0.1) is 17.9 Å². The third-order valence-corrected chi connectivity index (χ3v) is 4.88. The summed E-state index contributed by atoms with van der Waals surface area (Å²) in [5, 5.41) is 8.61. The highest BCUT2D eigenvalue weighted by Gasteiger charge is 2.14. The summed E-state index contributed by atoms with van der Waals surface area (Å²) in [4.78, 5) is 16.8. The van der Waals surface area contributed by atoms with Crippen molar-refractivity contribution in [1.29, 1.82) is 0 Å². The predicted octanol–water partition coefficient (Wildman–Crippen LogP) is 3.74. The number of ether oxygens (including phenoxy) is 1. The molecule has 0 amide bonds. The van der Waals surface area contributed by atoms with Crippen LogP contribution in [-0.4, -0.2) is 26.2 Å². The maximum atomic E-state index is 12.3. The highest BCUT2D eigenvalue weighted by atomic mass is 32.2. The number of pyridine rings is 1. The molecule has 0 unspecified atom stereocenters. The van der Waals surface area contributed by atoms with Crippen LogP contribution in [-0.2, 0) is 5.75 Å². The van der Waals surface area contributed by atoms with Gasteiger partial charge in [0, 0.05) is 18.0 Å². The fourth-order valence-corrected chi connectivity index (χ4v) is 3.43. The van der Waals surface area contributed by atoms with Gasteiger partial charge in [-0.2, -0.15) is 0 Å². The van der Waals surface area contributed by atoms with Gasteiger partial charge in [0.2, 0.25) is 0 Å². The molecule has 0 aliphatic rings. The predicted molar refractivity (Wildman–Crippen MR) is 107 cm³/mol. The molecule has 4 rings (SSSR count). The Morgan fingerprint density at radius 1 is 1.18 bits per heavy atom. The second-order valence-electron chi connectivity index (χ2n) is 6.11. The summed E-state index contributed by atoms with van der Waals surface area (Å²) in [6.07, 6.45) is 1.78. The first-order chi connectivity index (χ1) is 13.6. The minimum atomic E-state index is -0.110. The number of nitrogens with zero attached hydrogens (tertiary/aromatic N) is 4. The molecule has 0 N–H and O–H groups in total. The molecular formula is C20H18N4O3S. The lowest BCUT2D eigenvalue weighted by atomic mass is 10.2. The summed E-state index contributed by atoms with van der Waals surface area (Å²) in [7, 11) is 0. The molecule has 0 aliphatic heterocycles. The van der Waals surface area contributed by atoms with E-state index in [1.165, 1.54) is 17.8 Å². The second-order valence-corrected chi connectivity index (χ2v) is 7.04. The normalized spacial score (nSPS) is 11.1. The van der Waals surface area contributed by atoms with Crippen molar-refractivity contribution < 1.29 is 9.15 Å². The summed E-state index contributed by atoms with van der Waals surface area (Å²) in [6, 6.07) is 12.8. The number of para-hydroxylation sites is 1. The number of aromatic nitrogens is 4. The van der Waals surface area contributed by atoms with Gasteiger partial charge < -0.3 is 9.15 Å². The van der Waals surface area contributed by atoms with Gasteiger partial charge in [-0.05, 0) is 37.6 Å². The molecule has 28 heavy (non-hydrogen) atoms. The zero-order valence-electron chi connectivity index (χ0n) is 15.5. The smallest absolute Gasteiger partial charge is 0.277 e. The number of thioether (sulfide) groups is 1. The minimum absolute atomic E-state index is 0.110. The number of benzene rings is 1. The Balaban J connectivity index is 1.53. The fraction of sp³-hybridized carbons (Fsp3) is 0.200. The number of fused-ring (bicyclic) bond motifs is 1. The van der Waals surface area contributed by atoms with E-state index in [0.717, 1.165) is 11.1 Å². The zero-order chi connectivity index (χ0) is 19.5. The average molecular weight is 394 g/mol. The van der Waals surface area contributed by atoms with Crippen molar-refractivity contribution in [3.8, 4) is 17.2 Å². The van der Waals surface area contributed by atoms with E-state index in [0.29, 0.717) is 40.6 Å². The van der Waals surface area contributed by atoms with Crippen molar-refractivity contribution in [1.82, 2.24) is 19.6 Å². The average Bonchev–Trinajstić information content (AvgIpc) is 3.16. The number of aryl methyl sites for hydroxylation is 1. The number of hydrogen-bond donors (Lipinski definition) is 0. The molecule has 3 aromatic heterocycles. The highest BCUT2D eigenvalue weighted by molar-refractivity contribution is 7.98. The number of rotatable bonds is 6. The van der Waals surface area contributed by atoms with Crippen molar-refractivity contribution in [2.45, 2.75) is 24.8 Å². The molecule has 0 saturated carbocycles. The first kappa shape index (κ1) is 18.2. The summed E-state index contributed by atoms with van der Waals surface area (Å²) < 4.78 is 12.9. The largest absolute Gasteiger partial charge is 0.493 e. The van der Waals surface area contributed by atoms with E-state index < -0.39 is 0 Å². The molecule has 0 atom stereocenters. The molecule has 0 radical (unpaired) electrons. The van der Waals surface area contributed by atoms with Gasteiger partial charge in [0.25, 0.3) is 16.7 Å². The molecule has 0 saturated heterocycles. The third kappa shape index (κ3) is 3.77. The first-order valence-electron chi connectivity index (χ1n) is 8.81. The van der Waals surface area contributed by atoms with E-state index in [-0.39, 0.29) is 5.56 Å². The summed E-state index contributed by atoms with van der Waals surface area (Å²) in [5.74, 6) is 1.55. The maximum Gasteiger partial charge on any atom is 0.277 e. The molecule has 8 heteroatoms. The highest BCUT2D eigenvalue weighted by Crippen LogP contribution is 2.31. The summed E-state index contributed by atoms with van der Waals surface area (Å²) >= 11 is 1.34. The third-order valence-electron chi connectivity index (χ3n) is 4.03. The van der Waals surface area contributed by atoms with Crippen LogP contribution in [0, 0.1) is 6.92 Å². The Morgan fingerprint density at radius 2 is 2.04 bits per heavy atom. The van der Waals surface area contributed by atoms with Gasteiger partial charge in [0.15, 0.2) is 0 Å². The Labute approximate surface area is 165 Å². The minimum Gasteiger partial charge on any atom is -0.493 e. The van der Waals surface area contributed by atoms with Crippen LogP contribution >= 0.6 is 11.8 Å². The molecule has 0 bridgehead atoms. The summed E-state index contributed by atoms with van der Waals surface area (Å²) in [5.41, 5.74) is 2.92.